The SMILES string of the molecule is CC(=O)OOc1ccc(S(=O)(=O)c2ccc(C[C@@H](C)NC[C@H](O)c3cccc(Cl)c3)cc2)cc1Cl. The van der Waals surface area contributed by atoms with E-state index in [1.165, 1.54) is 30.3 Å². The summed E-state index contributed by atoms with van der Waals surface area (Å²) in [7, 11) is -3.82. The van der Waals surface area contributed by atoms with E-state index in [1.807, 2.05) is 13.0 Å². The number of aliphatic hydroxyl groups excluding tert-OH is 1. The molecule has 0 saturated carbocycles. The zero-order valence-electron chi connectivity index (χ0n) is 19.1. The Labute approximate surface area is 214 Å². The minimum atomic E-state index is -3.82. The Morgan fingerprint density at radius 1 is 1.03 bits per heavy atom. The second-order valence-corrected chi connectivity index (χ2v) is 10.8. The van der Waals surface area contributed by atoms with Crippen LogP contribution in [0.3, 0.4) is 0 Å². The predicted octanol–water partition coefficient (Wildman–Crippen LogP) is 4.94. The number of sulfone groups is 1. The van der Waals surface area contributed by atoms with Crippen LogP contribution in [0.5, 0.6) is 5.75 Å². The van der Waals surface area contributed by atoms with Crippen molar-refractivity contribution in [3.05, 3.63) is 87.9 Å². The average molecular weight is 538 g/mol. The van der Waals surface area contributed by atoms with Crippen LogP contribution in [0.4, 0.5) is 0 Å². The van der Waals surface area contributed by atoms with Gasteiger partial charge in [0.25, 0.3) is 0 Å². The molecule has 0 unspecified atom stereocenters. The van der Waals surface area contributed by atoms with E-state index in [0.717, 1.165) is 18.1 Å². The van der Waals surface area contributed by atoms with Crippen molar-refractivity contribution < 1.29 is 28.1 Å². The third-order valence-corrected chi connectivity index (χ3v) is 7.43. The van der Waals surface area contributed by atoms with E-state index in [9.17, 15) is 18.3 Å². The summed E-state index contributed by atoms with van der Waals surface area (Å²) in [5.74, 6) is -0.641. The van der Waals surface area contributed by atoms with E-state index in [2.05, 4.69) is 10.2 Å². The van der Waals surface area contributed by atoms with Crippen molar-refractivity contribution in [3.63, 3.8) is 0 Å². The molecule has 0 aromatic heterocycles. The van der Waals surface area contributed by atoms with E-state index in [1.54, 1.807) is 30.3 Å². The first-order valence-electron chi connectivity index (χ1n) is 10.7. The van der Waals surface area contributed by atoms with Gasteiger partial charge in [0.1, 0.15) is 0 Å². The summed E-state index contributed by atoms with van der Waals surface area (Å²) >= 11 is 12.1. The summed E-state index contributed by atoms with van der Waals surface area (Å²) in [5, 5.41) is 14.2. The molecule has 0 heterocycles. The molecular weight excluding hydrogens is 513 g/mol. The number of rotatable bonds is 10. The van der Waals surface area contributed by atoms with Crippen LogP contribution in [0.15, 0.2) is 76.5 Å². The van der Waals surface area contributed by atoms with E-state index in [0.29, 0.717) is 18.0 Å². The van der Waals surface area contributed by atoms with Gasteiger partial charge in [-0.25, -0.2) is 13.2 Å². The number of aliphatic hydroxyl groups is 1. The second-order valence-electron chi connectivity index (χ2n) is 7.98. The van der Waals surface area contributed by atoms with E-state index >= 15 is 0 Å². The minimum Gasteiger partial charge on any atom is -0.387 e. The van der Waals surface area contributed by atoms with Gasteiger partial charge in [-0.1, -0.05) is 47.5 Å². The van der Waals surface area contributed by atoms with Gasteiger partial charge in [-0.15, -0.1) is 0 Å². The Morgan fingerprint density at radius 3 is 2.34 bits per heavy atom. The fraction of sp³-hybridized carbons (Fsp3) is 0.240. The normalized spacial score (nSPS) is 13.2. The van der Waals surface area contributed by atoms with E-state index in [-0.39, 0.29) is 26.6 Å². The van der Waals surface area contributed by atoms with Crippen LogP contribution in [0.1, 0.15) is 31.1 Å². The first kappa shape index (κ1) is 27.0. The lowest BCUT2D eigenvalue weighted by Gasteiger charge is -2.18. The molecule has 186 valence electrons. The highest BCUT2D eigenvalue weighted by atomic mass is 35.5. The summed E-state index contributed by atoms with van der Waals surface area (Å²) in [6, 6.07) is 17.6. The summed E-state index contributed by atoms with van der Waals surface area (Å²) in [6.07, 6.45) is -0.0577. The molecule has 0 saturated heterocycles. The molecule has 0 aliphatic carbocycles. The van der Waals surface area contributed by atoms with Crippen molar-refractivity contribution in [1.29, 1.82) is 0 Å². The van der Waals surface area contributed by atoms with Crippen molar-refractivity contribution >= 4 is 39.0 Å². The van der Waals surface area contributed by atoms with Gasteiger partial charge in [-0.05, 0) is 66.9 Å². The first-order chi connectivity index (χ1) is 16.6. The standard InChI is InChI=1S/C25H25Cl2NO6S/c1-16(28-15-24(30)19-4-3-5-20(26)13-19)12-18-6-8-21(9-7-18)35(31,32)22-10-11-25(23(27)14-22)34-33-17(2)29/h3-11,13-14,16,24,28,30H,12,15H2,1-2H3/t16-,24+/m1/s1. The highest BCUT2D eigenvalue weighted by Crippen LogP contribution is 2.30. The number of hydrogen-bond donors (Lipinski definition) is 2. The molecule has 2 N–H and O–H groups in total. The summed E-state index contributed by atoms with van der Waals surface area (Å²) in [4.78, 5) is 20.2. The van der Waals surface area contributed by atoms with Crippen LogP contribution in [0.25, 0.3) is 0 Å². The molecule has 3 aromatic rings. The van der Waals surface area contributed by atoms with Crippen molar-refractivity contribution in [1.82, 2.24) is 5.32 Å². The molecular formula is C25H25Cl2NO6S. The zero-order chi connectivity index (χ0) is 25.6. The molecule has 0 aliphatic heterocycles. The predicted molar refractivity (Wildman–Crippen MR) is 133 cm³/mol. The molecule has 3 aromatic carbocycles. The maximum Gasteiger partial charge on any atom is 0.352 e. The van der Waals surface area contributed by atoms with Crippen LogP contribution in [0.2, 0.25) is 10.0 Å². The topological polar surface area (TPSA) is 102 Å². The second kappa shape index (κ2) is 11.9. The Morgan fingerprint density at radius 2 is 1.71 bits per heavy atom. The van der Waals surface area contributed by atoms with Gasteiger partial charge in [0.05, 0.1) is 20.9 Å². The highest BCUT2D eigenvalue weighted by molar-refractivity contribution is 7.91. The molecule has 35 heavy (non-hydrogen) atoms. The van der Waals surface area contributed by atoms with Crippen molar-refractivity contribution in [2.24, 2.45) is 0 Å². The van der Waals surface area contributed by atoms with Gasteiger partial charge in [0.15, 0.2) is 5.75 Å². The van der Waals surface area contributed by atoms with Gasteiger partial charge in [-0.3, -0.25) is 9.78 Å². The van der Waals surface area contributed by atoms with Crippen LogP contribution < -0.4 is 10.2 Å². The number of hydrogen-bond acceptors (Lipinski definition) is 7. The maximum atomic E-state index is 13.0. The van der Waals surface area contributed by atoms with Gasteiger partial charge in [-0.2, -0.15) is 0 Å². The number of halogens is 2. The molecule has 3 rings (SSSR count). The summed E-state index contributed by atoms with van der Waals surface area (Å²) in [5.41, 5.74) is 1.67. The first-order valence-corrected chi connectivity index (χ1v) is 13.0. The van der Waals surface area contributed by atoms with Crippen LogP contribution >= 0.6 is 23.2 Å². The van der Waals surface area contributed by atoms with Gasteiger partial charge < -0.3 is 10.4 Å². The Bertz CT molecular complexity index is 1280. The van der Waals surface area contributed by atoms with Crippen molar-refractivity contribution in [2.45, 2.75) is 42.2 Å². The van der Waals surface area contributed by atoms with Crippen LogP contribution in [0, 0.1) is 0 Å². The van der Waals surface area contributed by atoms with Gasteiger partial charge in [0.2, 0.25) is 9.84 Å². The van der Waals surface area contributed by atoms with Crippen LogP contribution in [-0.4, -0.2) is 32.1 Å². The Kier molecular flexibility index (Phi) is 9.15. The molecule has 2 atom stereocenters. The van der Waals surface area contributed by atoms with Gasteiger partial charge >= 0.3 is 5.97 Å². The van der Waals surface area contributed by atoms with Crippen LogP contribution in [-0.2, 0) is 25.9 Å². The lowest BCUT2D eigenvalue weighted by atomic mass is 10.1. The van der Waals surface area contributed by atoms with Crippen molar-refractivity contribution in [2.75, 3.05) is 6.54 Å². The molecule has 10 heteroatoms. The molecule has 0 radical (unpaired) electrons. The molecule has 0 amide bonds. The van der Waals surface area contributed by atoms with E-state index < -0.39 is 21.9 Å². The molecule has 0 aliphatic rings. The largest absolute Gasteiger partial charge is 0.387 e. The smallest absolute Gasteiger partial charge is 0.352 e. The average Bonchev–Trinajstić information content (AvgIpc) is 2.82. The quantitative estimate of drug-likeness (QED) is 0.279. The number of nitrogens with one attached hydrogen (secondary N) is 1. The molecule has 0 spiro atoms. The molecule has 7 nitrogen and oxygen atoms in total. The number of benzene rings is 3. The number of carbonyl (C=O) groups is 1. The summed E-state index contributed by atoms with van der Waals surface area (Å²) < 4.78 is 26.0. The fourth-order valence-electron chi connectivity index (χ4n) is 3.33. The Hall–Kier alpha value is -2.62. The monoisotopic (exact) mass is 537 g/mol. The highest BCUT2D eigenvalue weighted by Gasteiger charge is 2.20. The number of carbonyl (C=O) groups excluding carboxylic acids is 1. The van der Waals surface area contributed by atoms with Crippen molar-refractivity contribution in [3.8, 4) is 5.75 Å². The third kappa shape index (κ3) is 7.43. The summed E-state index contributed by atoms with van der Waals surface area (Å²) in [6.45, 7) is 3.50. The third-order valence-electron chi connectivity index (χ3n) is 5.13. The van der Waals surface area contributed by atoms with E-state index in [4.69, 9.17) is 28.1 Å². The lowest BCUT2D eigenvalue weighted by molar-refractivity contribution is -0.210. The zero-order valence-corrected chi connectivity index (χ0v) is 21.4. The lowest BCUT2D eigenvalue weighted by Crippen LogP contribution is -2.32. The Balaban J connectivity index is 1.61. The minimum absolute atomic E-state index is 0.0104. The molecule has 0 fully saturated rings. The molecule has 0 bridgehead atoms. The maximum absolute atomic E-state index is 13.0. The van der Waals surface area contributed by atoms with Gasteiger partial charge in [0, 0.05) is 24.5 Å². The fourth-order valence-corrected chi connectivity index (χ4v) is 5.09.